The topological polar surface area (TPSA) is 43.1 Å². The monoisotopic (exact) mass is 259 g/mol. The fourth-order valence-electron chi connectivity index (χ4n) is 1.95. The Morgan fingerprint density at radius 2 is 1.89 bits per heavy atom. The van der Waals surface area contributed by atoms with Crippen LogP contribution in [-0.4, -0.2) is 5.78 Å². The zero-order chi connectivity index (χ0) is 12.8. The van der Waals surface area contributed by atoms with Gasteiger partial charge in [0.15, 0.2) is 0 Å². The molecule has 0 saturated heterocycles. The van der Waals surface area contributed by atoms with Crippen molar-refractivity contribution in [2.45, 2.75) is 25.8 Å². The molecule has 1 aromatic carbocycles. The van der Waals surface area contributed by atoms with Crippen molar-refractivity contribution in [1.29, 1.82) is 0 Å². The molecular formula is C15H17NOS. The summed E-state index contributed by atoms with van der Waals surface area (Å²) < 4.78 is 0. The van der Waals surface area contributed by atoms with Gasteiger partial charge in [0.25, 0.3) is 0 Å². The number of Topliss-reactive ketones (excluding diaryl/α,β-unsaturated/α-hetero) is 1. The van der Waals surface area contributed by atoms with Crippen LogP contribution in [0.25, 0.3) is 0 Å². The van der Waals surface area contributed by atoms with Crippen LogP contribution in [-0.2, 0) is 24.2 Å². The van der Waals surface area contributed by atoms with Gasteiger partial charge in [-0.15, -0.1) is 11.3 Å². The molecule has 18 heavy (non-hydrogen) atoms. The van der Waals surface area contributed by atoms with Crippen molar-refractivity contribution in [3.05, 3.63) is 57.8 Å². The summed E-state index contributed by atoms with van der Waals surface area (Å²) in [5.41, 5.74) is 7.81. The molecule has 0 saturated carbocycles. The van der Waals surface area contributed by atoms with Gasteiger partial charge in [0.05, 0.1) is 0 Å². The molecule has 2 rings (SSSR count). The molecule has 0 aliphatic carbocycles. The molecule has 0 spiro atoms. The van der Waals surface area contributed by atoms with Crippen molar-refractivity contribution in [3.63, 3.8) is 0 Å². The molecule has 2 aromatic rings. The van der Waals surface area contributed by atoms with Crippen LogP contribution in [0.15, 0.2) is 41.8 Å². The Labute approximate surface area is 111 Å². The van der Waals surface area contributed by atoms with Gasteiger partial charge in [0, 0.05) is 24.3 Å². The lowest BCUT2D eigenvalue weighted by Gasteiger charge is -2.06. The minimum atomic E-state index is 0.282. The van der Waals surface area contributed by atoms with Gasteiger partial charge in [0.1, 0.15) is 5.78 Å². The number of ketones is 1. The van der Waals surface area contributed by atoms with Crippen LogP contribution in [0.2, 0.25) is 0 Å². The maximum atomic E-state index is 11.9. The first-order chi connectivity index (χ1) is 8.79. The van der Waals surface area contributed by atoms with Gasteiger partial charge in [-0.25, -0.2) is 0 Å². The van der Waals surface area contributed by atoms with E-state index in [1.807, 2.05) is 35.7 Å². The summed E-state index contributed by atoms with van der Waals surface area (Å²) in [5, 5.41) is 2.05. The first-order valence-electron chi connectivity index (χ1n) is 6.10. The molecule has 1 aromatic heterocycles. The van der Waals surface area contributed by atoms with Crippen LogP contribution in [0.1, 0.15) is 22.4 Å². The van der Waals surface area contributed by atoms with Crippen molar-refractivity contribution in [1.82, 2.24) is 0 Å². The fraction of sp³-hybridized carbons (Fsp3) is 0.267. The molecule has 0 amide bonds. The van der Waals surface area contributed by atoms with E-state index in [4.69, 9.17) is 5.73 Å². The van der Waals surface area contributed by atoms with Crippen LogP contribution >= 0.6 is 11.3 Å². The lowest BCUT2D eigenvalue weighted by atomic mass is 10.0. The third-order valence-electron chi connectivity index (χ3n) is 2.96. The summed E-state index contributed by atoms with van der Waals surface area (Å²) in [7, 11) is 0. The van der Waals surface area contributed by atoms with Crippen LogP contribution in [0.3, 0.4) is 0 Å². The Bertz CT molecular complexity index is 505. The summed E-state index contributed by atoms with van der Waals surface area (Å²) in [6, 6.07) is 12.0. The second kappa shape index (κ2) is 6.47. The van der Waals surface area contributed by atoms with Gasteiger partial charge in [0.2, 0.25) is 0 Å². The lowest BCUT2D eigenvalue weighted by Crippen LogP contribution is -2.08. The van der Waals surface area contributed by atoms with E-state index in [9.17, 15) is 4.79 Å². The third-order valence-corrected chi connectivity index (χ3v) is 3.89. The number of thiophene rings is 1. The second-order valence-electron chi connectivity index (χ2n) is 4.27. The summed E-state index contributed by atoms with van der Waals surface area (Å²) in [5.74, 6) is 0.282. The maximum Gasteiger partial charge on any atom is 0.137 e. The Morgan fingerprint density at radius 1 is 1.11 bits per heavy atom. The van der Waals surface area contributed by atoms with Crippen molar-refractivity contribution in [2.75, 3.05) is 0 Å². The molecule has 0 aliphatic rings. The average molecular weight is 259 g/mol. The molecule has 0 fully saturated rings. The summed E-state index contributed by atoms with van der Waals surface area (Å²) in [4.78, 5) is 13.2. The minimum Gasteiger partial charge on any atom is -0.326 e. The standard InChI is InChI=1S/C15H17NOS/c16-11-13-5-2-1-4-12(13)10-14(17)7-8-15-6-3-9-18-15/h1-6,9H,7-8,10-11,16H2. The molecule has 94 valence electrons. The Balaban J connectivity index is 1.90. The number of hydrogen-bond acceptors (Lipinski definition) is 3. The Hall–Kier alpha value is -1.45. The molecule has 0 unspecified atom stereocenters. The number of carbonyl (C=O) groups is 1. The highest BCUT2D eigenvalue weighted by Gasteiger charge is 2.07. The predicted molar refractivity (Wildman–Crippen MR) is 75.7 cm³/mol. The number of benzene rings is 1. The van der Waals surface area contributed by atoms with E-state index in [1.165, 1.54) is 4.88 Å². The number of nitrogens with two attached hydrogens (primary N) is 1. The largest absolute Gasteiger partial charge is 0.326 e. The molecular weight excluding hydrogens is 242 g/mol. The average Bonchev–Trinajstić information content (AvgIpc) is 2.90. The Kier molecular flexibility index (Phi) is 4.67. The minimum absolute atomic E-state index is 0.282. The van der Waals surface area contributed by atoms with Crippen molar-refractivity contribution >= 4 is 17.1 Å². The van der Waals surface area contributed by atoms with Crippen molar-refractivity contribution in [2.24, 2.45) is 5.73 Å². The highest BCUT2D eigenvalue weighted by Crippen LogP contribution is 2.14. The smallest absolute Gasteiger partial charge is 0.137 e. The van der Waals surface area contributed by atoms with E-state index in [2.05, 4.69) is 6.07 Å². The van der Waals surface area contributed by atoms with E-state index in [-0.39, 0.29) is 5.78 Å². The second-order valence-corrected chi connectivity index (χ2v) is 5.30. The first kappa shape index (κ1) is 13.0. The Morgan fingerprint density at radius 3 is 2.56 bits per heavy atom. The summed E-state index contributed by atoms with van der Waals surface area (Å²) in [6.07, 6.45) is 1.96. The summed E-state index contributed by atoms with van der Waals surface area (Å²) >= 11 is 1.71. The number of aryl methyl sites for hydroxylation is 1. The molecule has 0 atom stereocenters. The van der Waals surface area contributed by atoms with Gasteiger partial charge in [-0.3, -0.25) is 4.79 Å². The molecule has 0 radical (unpaired) electrons. The SMILES string of the molecule is NCc1ccccc1CC(=O)CCc1cccs1. The molecule has 2 nitrogen and oxygen atoms in total. The van der Waals surface area contributed by atoms with Crippen LogP contribution in [0.5, 0.6) is 0 Å². The zero-order valence-corrected chi connectivity index (χ0v) is 11.1. The van der Waals surface area contributed by atoms with Crippen LogP contribution < -0.4 is 5.73 Å². The molecule has 1 heterocycles. The van der Waals surface area contributed by atoms with Gasteiger partial charge >= 0.3 is 0 Å². The molecule has 3 heteroatoms. The van der Waals surface area contributed by atoms with E-state index >= 15 is 0 Å². The molecule has 2 N–H and O–H groups in total. The molecule has 0 aliphatic heterocycles. The summed E-state index contributed by atoms with van der Waals surface area (Å²) in [6.45, 7) is 0.494. The van der Waals surface area contributed by atoms with Crippen molar-refractivity contribution < 1.29 is 4.79 Å². The number of rotatable bonds is 6. The van der Waals surface area contributed by atoms with Crippen LogP contribution in [0.4, 0.5) is 0 Å². The van der Waals surface area contributed by atoms with Gasteiger partial charge < -0.3 is 5.73 Å². The number of carbonyl (C=O) groups excluding carboxylic acids is 1. The van der Waals surface area contributed by atoms with Crippen molar-refractivity contribution in [3.8, 4) is 0 Å². The van der Waals surface area contributed by atoms with E-state index in [1.54, 1.807) is 11.3 Å². The predicted octanol–water partition coefficient (Wildman–Crippen LogP) is 2.95. The fourth-order valence-corrected chi connectivity index (χ4v) is 2.66. The van der Waals surface area contributed by atoms with Crippen LogP contribution in [0, 0.1) is 0 Å². The lowest BCUT2D eigenvalue weighted by molar-refractivity contribution is -0.118. The van der Waals surface area contributed by atoms with Gasteiger partial charge in [-0.1, -0.05) is 30.3 Å². The van der Waals surface area contributed by atoms with E-state index < -0.39 is 0 Å². The quantitative estimate of drug-likeness (QED) is 0.866. The normalized spacial score (nSPS) is 10.5. The maximum absolute atomic E-state index is 11.9. The zero-order valence-electron chi connectivity index (χ0n) is 10.3. The van der Waals surface area contributed by atoms with E-state index in [0.29, 0.717) is 19.4 Å². The number of hydrogen-bond donors (Lipinski definition) is 1. The first-order valence-corrected chi connectivity index (χ1v) is 6.98. The van der Waals surface area contributed by atoms with Gasteiger partial charge in [-0.05, 0) is 29.0 Å². The van der Waals surface area contributed by atoms with E-state index in [0.717, 1.165) is 17.5 Å². The molecule has 0 bridgehead atoms. The highest BCUT2D eigenvalue weighted by molar-refractivity contribution is 7.09. The third kappa shape index (κ3) is 3.52. The highest BCUT2D eigenvalue weighted by atomic mass is 32.1. The van der Waals surface area contributed by atoms with Gasteiger partial charge in [-0.2, -0.15) is 0 Å².